The first kappa shape index (κ1) is 18.4. The van der Waals surface area contributed by atoms with Gasteiger partial charge in [0.1, 0.15) is 17.3 Å². The fourth-order valence-electron chi connectivity index (χ4n) is 3.45. The number of aromatic hydroxyl groups is 1. The Labute approximate surface area is 166 Å². The number of aliphatic hydroxyl groups is 1. The molecule has 1 amide bonds. The molecule has 0 radical (unpaired) electrons. The van der Waals surface area contributed by atoms with Crippen molar-refractivity contribution in [2.24, 2.45) is 0 Å². The summed E-state index contributed by atoms with van der Waals surface area (Å²) in [5.74, 6) is -2.80. The Bertz CT molecular complexity index is 1120. The number of Topliss-reactive ketones (excluding diaryl/α,β-unsaturated/α-hetero) is 1. The van der Waals surface area contributed by atoms with Gasteiger partial charge in [-0.15, -0.1) is 0 Å². The lowest BCUT2D eigenvalue weighted by Gasteiger charge is -2.25. The molecule has 1 saturated heterocycles. The number of ketones is 1. The Kier molecular flexibility index (Phi) is 4.60. The zero-order valence-corrected chi connectivity index (χ0v) is 15.1. The van der Waals surface area contributed by atoms with Gasteiger partial charge in [0.25, 0.3) is 11.7 Å². The smallest absolute Gasteiger partial charge is 0.300 e. The Morgan fingerprint density at radius 1 is 0.862 bits per heavy atom. The van der Waals surface area contributed by atoms with E-state index < -0.39 is 23.5 Å². The molecule has 1 fully saturated rings. The van der Waals surface area contributed by atoms with E-state index >= 15 is 0 Å². The van der Waals surface area contributed by atoms with Crippen LogP contribution in [-0.4, -0.2) is 21.9 Å². The van der Waals surface area contributed by atoms with Crippen LogP contribution in [0.5, 0.6) is 5.75 Å². The Morgan fingerprint density at radius 3 is 2.14 bits per heavy atom. The molecule has 0 aromatic heterocycles. The van der Waals surface area contributed by atoms with Gasteiger partial charge in [-0.2, -0.15) is 0 Å². The van der Waals surface area contributed by atoms with E-state index in [1.807, 2.05) is 0 Å². The fraction of sp³-hybridized carbons (Fsp3) is 0.0435. The molecule has 0 saturated carbocycles. The lowest BCUT2D eigenvalue weighted by atomic mass is 9.94. The van der Waals surface area contributed by atoms with Gasteiger partial charge in [0.15, 0.2) is 0 Å². The van der Waals surface area contributed by atoms with Gasteiger partial charge in [-0.05, 0) is 30.3 Å². The number of aliphatic hydroxyl groups excluding tert-OH is 1. The van der Waals surface area contributed by atoms with Gasteiger partial charge in [-0.3, -0.25) is 14.5 Å². The highest BCUT2D eigenvalue weighted by Crippen LogP contribution is 2.43. The van der Waals surface area contributed by atoms with Crippen molar-refractivity contribution in [3.63, 3.8) is 0 Å². The van der Waals surface area contributed by atoms with Gasteiger partial charge >= 0.3 is 0 Å². The van der Waals surface area contributed by atoms with Crippen LogP contribution in [-0.2, 0) is 9.59 Å². The van der Waals surface area contributed by atoms with Crippen molar-refractivity contribution < 1.29 is 24.2 Å². The fourth-order valence-corrected chi connectivity index (χ4v) is 3.45. The first-order valence-corrected chi connectivity index (χ1v) is 8.89. The predicted octanol–water partition coefficient (Wildman–Crippen LogP) is 4.16. The number of benzene rings is 3. The number of rotatable bonds is 3. The molecule has 144 valence electrons. The molecule has 0 unspecified atom stereocenters. The molecule has 29 heavy (non-hydrogen) atoms. The molecule has 3 aromatic carbocycles. The zero-order chi connectivity index (χ0) is 20.5. The van der Waals surface area contributed by atoms with Gasteiger partial charge < -0.3 is 10.2 Å². The van der Waals surface area contributed by atoms with Crippen molar-refractivity contribution in [1.82, 2.24) is 0 Å². The molecule has 4 rings (SSSR count). The molecule has 0 spiro atoms. The van der Waals surface area contributed by atoms with Crippen LogP contribution in [0.15, 0.2) is 84.4 Å². The van der Waals surface area contributed by atoms with Crippen LogP contribution in [0.4, 0.5) is 10.1 Å². The number of nitrogens with zero attached hydrogens (tertiary/aromatic N) is 1. The second-order valence-electron chi connectivity index (χ2n) is 6.57. The van der Waals surface area contributed by atoms with E-state index in [4.69, 9.17) is 0 Å². The first-order chi connectivity index (χ1) is 14.0. The third-order valence-corrected chi connectivity index (χ3v) is 4.82. The van der Waals surface area contributed by atoms with E-state index in [9.17, 15) is 24.2 Å². The van der Waals surface area contributed by atoms with E-state index in [1.165, 1.54) is 42.5 Å². The summed E-state index contributed by atoms with van der Waals surface area (Å²) in [6, 6.07) is 18.6. The number of halogens is 1. The molecule has 1 aliphatic rings. The van der Waals surface area contributed by atoms with E-state index in [0.29, 0.717) is 11.3 Å². The van der Waals surface area contributed by atoms with Crippen molar-refractivity contribution in [2.45, 2.75) is 6.04 Å². The highest BCUT2D eigenvalue weighted by molar-refractivity contribution is 6.51. The summed E-state index contributed by atoms with van der Waals surface area (Å²) >= 11 is 0. The average Bonchev–Trinajstić information content (AvgIpc) is 3.00. The number of carbonyl (C=O) groups excluding carboxylic acids is 2. The summed E-state index contributed by atoms with van der Waals surface area (Å²) in [6.45, 7) is 0. The van der Waals surface area contributed by atoms with E-state index in [2.05, 4.69) is 0 Å². The van der Waals surface area contributed by atoms with Crippen LogP contribution >= 0.6 is 0 Å². The van der Waals surface area contributed by atoms with Gasteiger partial charge in [0.05, 0.1) is 11.6 Å². The Balaban J connectivity index is 1.97. The van der Waals surface area contributed by atoms with Gasteiger partial charge in [0.2, 0.25) is 0 Å². The summed E-state index contributed by atoms with van der Waals surface area (Å²) in [4.78, 5) is 26.9. The average molecular weight is 389 g/mol. The maximum absolute atomic E-state index is 14.7. The minimum atomic E-state index is -1.15. The second kappa shape index (κ2) is 7.24. The Morgan fingerprint density at radius 2 is 1.48 bits per heavy atom. The molecule has 5 nitrogen and oxygen atoms in total. The summed E-state index contributed by atoms with van der Waals surface area (Å²) in [5, 5.41) is 20.4. The maximum Gasteiger partial charge on any atom is 0.300 e. The molecular formula is C23H16FNO4. The lowest BCUT2D eigenvalue weighted by molar-refractivity contribution is -0.132. The first-order valence-electron chi connectivity index (χ1n) is 8.89. The van der Waals surface area contributed by atoms with Crippen molar-refractivity contribution in [1.29, 1.82) is 0 Å². The third kappa shape index (κ3) is 3.14. The molecule has 0 aliphatic carbocycles. The summed E-state index contributed by atoms with van der Waals surface area (Å²) in [7, 11) is 0. The minimum absolute atomic E-state index is 0.0166. The van der Waals surface area contributed by atoms with Crippen LogP contribution in [0.2, 0.25) is 0 Å². The summed E-state index contributed by atoms with van der Waals surface area (Å²) < 4.78 is 14.7. The van der Waals surface area contributed by atoms with Crippen molar-refractivity contribution >= 4 is 23.1 Å². The van der Waals surface area contributed by atoms with Gasteiger partial charge in [-0.1, -0.05) is 48.5 Å². The van der Waals surface area contributed by atoms with E-state index in [-0.39, 0.29) is 22.6 Å². The minimum Gasteiger partial charge on any atom is -0.508 e. The quantitative estimate of drug-likeness (QED) is 0.401. The van der Waals surface area contributed by atoms with Crippen molar-refractivity contribution in [2.75, 3.05) is 4.90 Å². The normalized spacial score (nSPS) is 18.2. The third-order valence-electron chi connectivity index (χ3n) is 4.82. The topological polar surface area (TPSA) is 77.8 Å². The van der Waals surface area contributed by atoms with Crippen LogP contribution in [0.3, 0.4) is 0 Å². The summed E-state index contributed by atoms with van der Waals surface area (Å²) in [5.41, 5.74) is 0.527. The molecule has 1 aliphatic heterocycles. The highest BCUT2D eigenvalue weighted by atomic mass is 19.1. The molecular weight excluding hydrogens is 373 g/mol. The van der Waals surface area contributed by atoms with Crippen LogP contribution in [0.25, 0.3) is 5.76 Å². The van der Waals surface area contributed by atoms with E-state index in [0.717, 1.165) is 4.90 Å². The number of amides is 1. The number of carbonyl (C=O) groups is 2. The molecule has 3 aromatic rings. The zero-order valence-electron chi connectivity index (χ0n) is 15.1. The number of phenolic OH excluding ortho intramolecular Hbond substituents is 1. The van der Waals surface area contributed by atoms with Crippen LogP contribution in [0.1, 0.15) is 17.2 Å². The Hall–Kier alpha value is -3.93. The molecule has 1 heterocycles. The number of phenols is 1. The van der Waals surface area contributed by atoms with Crippen LogP contribution in [0, 0.1) is 5.82 Å². The van der Waals surface area contributed by atoms with Gasteiger partial charge in [0, 0.05) is 16.8 Å². The number of anilines is 1. The monoisotopic (exact) mass is 389 g/mol. The number of hydrogen-bond acceptors (Lipinski definition) is 4. The standard InChI is InChI=1S/C23H16FNO4/c24-18-9-5-4-8-17(18)20-19(21(27)14-6-2-1-3-7-14)22(28)23(29)25(20)15-10-12-16(26)13-11-15/h1-13,20,26-27H/t20-/m1/s1. The van der Waals surface area contributed by atoms with Crippen LogP contribution < -0.4 is 4.90 Å². The molecule has 2 N–H and O–H groups in total. The SMILES string of the molecule is O=C1C(=O)N(c2ccc(O)cc2)[C@H](c2ccccc2F)C1=C(O)c1ccccc1. The molecule has 0 bridgehead atoms. The second-order valence-corrected chi connectivity index (χ2v) is 6.57. The predicted molar refractivity (Wildman–Crippen MR) is 106 cm³/mol. The maximum atomic E-state index is 14.7. The van der Waals surface area contributed by atoms with Crippen molar-refractivity contribution in [3.05, 3.63) is 101 Å². The lowest BCUT2D eigenvalue weighted by Crippen LogP contribution is -2.29. The van der Waals surface area contributed by atoms with Crippen molar-refractivity contribution in [3.8, 4) is 5.75 Å². The van der Waals surface area contributed by atoms with E-state index in [1.54, 1.807) is 36.4 Å². The van der Waals surface area contributed by atoms with Gasteiger partial charge in [-0.25, -0.2) is 4.39 Å². The molecule has 6 heteroatoms. The largest absolute Gasteiger partial charge is 0.508 e. The molecule has 1 atom stereocenters. The summed E-state index contributed by atoms with van der Waals surface area (Å²) in [6.07, 6.45) is 0. The highest BCUT2D eigenvalue weighted by Gasteiger charge is 2.47. The number of hydrogen-bond donors (Lipinski definition) is 2.